The number of fused-ring (bicyclic) bond motifs is 1. The van der Waals surface area contributed by atoms with Crippen LogP contribution in [0.15, 0.2) is 46.5 Å². The standard InChI is InChI=1S/C25H29F2N3O3S2/c1-17-4-2-8-29(14-17)35(31,32)22-6-7-24-23(13-22)28-25(30(24)15-21-5-3-9-33-21)34-16-18-10-19(26)12-20(27)11-18/h6-7,10-13,17,21H,2-5,8-9,14-16H2,1H3. The number of hydrogen-bond acceptors (Lipinski definition) is 5. The molecule has 2 saturated heterocycles. The number of sulfonamides is 1. The number of hydrogen-bond donors (Lipinski definition) is 0. The third-order valence-corrected chi connectivity index (χ3v) is 9.55. The van der Waals surface area contributed by atoms with E-state index in [9.17, 15) is 17.2 Å². The third-order valence-electron chi connectivity index (χ3n) is 6.64. The van der Waals surface area contributed by atoms with Crippen LogP contribution in [0.1, 0.15) is 38.2 Å². The highest BCUT2D eigenvalue weighted by molar-refractivity contribution is 7.98. The average Bonchev–Trinajstić information content (AvgIpc) is 3.45. The topological polar surface area (TPSA) is 64.4 Å². The van der Waals surface area contributed by atoms with Crippen LogP contribution in [0.2, 0.25) is 0 Å². The second-order valence-electron chi connectivity index (χ2n) is 9.47. The van der Waals surface area contributed by atoms with Crippen molar-refractivity contribution in [2.45, 2.75) is 61.1 Å². The van der Waals surface area contributed by atoms with Crippen LogP contribution >= 0.6 is 11.8 Å². The summed E-state index contributed by atoms with van der Waals surface area (Å²) in [5.74, 6) is -0.561. The van der Waals surface area contributed by atoms with Gasteiger partial charge in [-0.1, -0.05) is 18.7 Å². The molecule has 3 heterocycles. The minimum absolute atomic E-state index is 0.0524. The maximum atomic E-state index is 13.7. The number of halogens is 2. The van der Waals surface area contributed by atoms with Crippen LogP contribution in [-0.2, 0) is 27.1 Å². The Labute approximate surface area is 208 Å². The van der Waals surface area contributed by atoms with Crippen molar-refractivity contribution in [2.24, 2.45) is 5.92 Å². The van der Waals surface area contributed by atoms with E-state index in [1.807, 2.05) is 10.6 Å². The monoisotopic (exact) mass is 521 g/mol. The fourth-order valence-corrected chi connectivity index (χ4v) is 7.46. The number of aromatic nitrogens is 2. The number of rotatable bonds is 7. The number of benzene rings is 2. The molecule has 2 aliphatic rings. The van der Waals surface area contributed by atoms with Gasteiger partial charge < -0.3 is 9.30 Å². The second kappa shape index (κ2) is 10.2. The summed E-state index contributed by atoms with van der Waals surface area (Å²) in [7, 11) is -3.61. The molecule has 0 amide bonds. The molecule has 0 saturated carbocycles. The zero-order valence-corrected chi connectivity index (χ0v) is 21.3. The van der Waals surface area contributed by atoms with Crippen molar-refractivity contribution < 1.29 is 21.9 Å². The molecule has 10 heteroatoms. The van der Waals surface area contributed by atoms with Crippen LogP contribution in [0.25, 0.3) is 11.0 Å². The predicted octanol–water partition coefficient (Wildman–Crippen LogP) is 5.21. The molecule has 0 aliphatic carbocycles. The first-order chi connectivity index (χ1) is 16.8. The van der Waals surface area contributed by atoms with Gasteiger partial charge in [0.2, 0.25) is 10.0 Å². The summed E-state index contributed by atoms with van der Waals surface area (Å²) in [6.45, 7) is 4.44. The molecule has 3 aromatic rings. The Bertz CT molecular complexity index is 1300. The highest BCUT2D eigenvalue weighted by Gasteiger charge is 2.29. The molecule has 2 atom stereocenters. The molecular weight excluding hydrogens is 492 g/mol. The molecule has 2 aliphatic heterocycles. The van der Waals surface area contributed by atoms with Crippen LogP contribution < -0.4 is 0 Å². The van der Waals surface area contributed by atoms with Crippen LogP contribution in [-0.4, -0.2) is 48.1 Å². The first kappa shape index (κ1) is 24.7. The lowest BCUT2D eigenvalue weighted by Crippen LogP contribution is -2.39. The van der Waals surface area contributed by atoms with Crippen molar-refractivity contribution >= 4 is 32.8 Å². The van der Waals surface area contributed by atoms with E-state index in [1.165, 1.54) is 23.9 Å². The Balaban J connectivity index is 1.47. The summed E-state index contributed by atoms with van der Waals surface area (Å²) in [5, 5.41) is 0.668. The number of ether oxygens (including phenoxy) is 1. The van der Waals surface area contributed by atoms with E-state index in [0.717, 1.165) is 43.9 Å². The normalized spacial score (nSPS) is 21.7. The maximum absolute atomic E-state index is 13.7. The average molecular weight is 522 g/mol. The van der Waals surface area contributed by atoms with Gasteiger partial charge in [-0.15, -0.1) is 0 Å². The molecular formula is C25H29F2N3O3S2. The van der Waals surface area contributed by atoms with Crippen LogP contribution in [0.3, 0.4) is 0 Å². The van der Waals surface area contributed by atoms with Gasteiger partial charge in [-0.05, 0) is 67.5 Å². The summed E-state index contributed by atoms with van der Waals surface area (Å²) in [5.41, 5.74) is 1.92. The highest BCUT2D eigenvalue weighted by Crippen LogP contribution is 2.31. The minimum atomic E-state index is -3.61. The van der Waals surface area contributed by atoms with Crippen molar-refractivity contribution in [1.29, 1.82) is 0 Å². The molecule has 0 spiro atoms. The quantitative estimate of drug-likeness (QED) is 0.400. The lowest BCUT2D eigenvalue weighted by atomic mass is 10.0. The van der Waals surface area contributed by atoms with E-state index < -0.39 is 21.7 Å². The zero-order valence-electron chi connectivity index (χ0n) is 19.6. The SMILES string of the molecule is CC1CCCN(S(=O)(=O)c2ccc3c(c2)nc(SCc2cc(F)cc(F)c2)n3CC2CCCO2)C1. The lowest BCUT2D eigenvalue weighted by Gasteiger charge is -2.30. The van der Waals surface area contributed by atoms with Crippen LogP contribution in [0, 0.1) is 17.6 Å². The van der Waals surface area contributed by atoms with E-state index in [4.69, 9.17) is 9.72 Å². The number of thioether (sulfide) groups is 1. The van der Waals surface area contributed by atoms with Crippen molar-refractivity contribution in [3.8, 4) is 0 Å². The molecule has 1 aromatic heterocycles. The Morgan fingerprint density at radius 3 is 2.63 bits per heavy atom. The number of piperidine rings is 1. The first-order valence-corrected chi connectivity index (χ1v) is 14.4. The predicted molar refractivity (Wildman–Crippen MR) is 132 cm³/mol. The van der Waals surface area contributed by atoms with Crippen molar-refractivity contribution in [2.75, 3.05) is 19.7 Å². The van der Waals surface area contributed by atoms with Crippen molar-refractivity contribution in [3.63, 3.8) is 0 Å². The molecule has 2 aromatic carbocycles. The van der Waals surface area contributed by atoms with Gasteiger partial charge in [0.05, 0.1) is 28.6 Å². The van der Waals surface area contributed by atoms with E-state index in [1.54, 1.807) is 16.4 Å². The van der Waals surface area contributed by atoms with Gasteiger partial charge in [0.15, 0.2) is 5.16 Å². The van der Waals surface area contributed by atoms with Gasteiger partial charge >= 0.3 is 0 Å². The molecule has 0 bridgehead atoms. The molecule has 35 heavy (non-hydrogen) atoms. The number of imidazole rings is 1. The minimum Gasteiger partial charge on any atom is -0.376 e. The summed E-state index contributed by atoms with van der Waals surface area (Å²) in [6.07, 6.45) is 3.89. The van der Waals surface area contributed by atoms with Gasteiger partial charge in [0.1, 0.15) is 11.6 Å². The third kappa shape index (κ3) is 5.40. The van der Waals surface area contributed by atoms with Gasteiger partial charge in [0, 0.05) is 31.5 Å². The van der Waals surface area contributed by atoms with Gasteiger partial charge in [-0.3, -0.25) is 0 Å². The largest absolute Gasteiger partial charge is 0.376 e. The summed E-state index contributed by atoms with van der Waals surface area (Å²) >= 11 is 1.37. The van der Waals surface area contributed by atoms with Gasteiger partial charge in [0.25, 0.3) is 0 Å². The number of nitrogens with zero attached hydrogens (tertiary/aromatic N) is 3. The Morgan fingerprint density at radius 1 is 1.11 bits per heavy atom. The highest BCUT2D eigenvalue weighted by atomic mass is 32.2. The fourth-order valence-electron chi connectivity index (χ4n) is 4.88. The fraction of sp³-hybridized carbons (Fsp3) is 0.480. The maximum Gasteiger partial charge on any atom is 0.243 e. The summed E-state index contributed by atoms with van der Waals surface area (Å²) < 4.78 is 63.4. The van der Waals surface area contributed by atoms with Crippen molar-refractivity contribution in [3.05, 3.63) is 53.6 Å². The molecule has 2 fully saturated rings. The Kier molecular flexibility index (Phi) is 7.16. The van der Waals surface area contributed by atoms with Crippen molar-refractivity contribution in [1.82, 2.24) is 13.9 Å². The van der Waals surface area contributed by atoms with Gasteiger partial charge in [-0.2, -0.15) is 4.31 Å². The van der Waals surface area contributed by atoms with Crippen LogP contribution in [0.4, 0.5) is 8.78 Å². The van der Waals surface area contributed by atoms with E-state index in [0.29, 0.717) is 47.5 Å². The van der Waals surface area contributed by atoms with Gasteiger partial charge in [-0.25, -0.2) is 22.2 Å². The lowest BCUT2D eigenvalue weighted by molar-refractivity contribution is 0.0960. The summed E-state index contributed by atoms with van der Waals surface area (Å²) in [4.78, 5) is 4.99. The molecule has 0 N–H and O–H groups in total. The molecule has 0 radical (unpaired) electrons. The summed E-state index contributed by atoms with van der Waals surface area (Å²) in [6, 6.07) is 8.58. The molecule has 2 unspecified atom stereocenters. The first-order valence-electron chi connectivity index (χ1n) is 12.0. The Hall–Kier alpha value is -2.01. The van der Waals surface area contributed by atoms with E-state index in [-0.39, 0.29) is 11.0 Å². The van der Waals surface area contributed by atoms with E-state index in [2.05, 4.69) is 6.92 Å². The Morgan fingerprint density at radius 2 is 1.91 bits per heavy atom. The zero-order chi connectivity index (χ0) is 24.6. The second-order valence-corrected chi connectivity index (χ2v) is 12.3. The molecule has 188 valence electrons. The molecule has 5 rings (SSSR count). The smallest absolute Gasteiger partial charge is 0.243 e. The van der Waals surface area contributed by atoms with Crippen LogP contribution in [0.5, 0.6) is 0 Å². The molecule has 6 nitrogen and oxygen atoms in total. The van der Waals surface area contributed by atoms with E-state index >= 15 is 0 Å².